The topological polar surface area (TPSA) is 54.3 Å². The number of fused-ring (bicyclic) bond motifs is 1. The van der Waals surface area contributed by atoms with Gasteiger partial charge in [0.1, 0.15) is 0 Å². The average molecular weight is 347 g/mol. The number of anilines is 2. The van der Waals surface area contributed by atoms with Crippen molar-refractivity contribution in [3.8, 4) is 0 Å². The highest BCUT2D eigenvalue weighted by Gasteiger charge is 2.23. The molecular weight excluding hydrogens is 326 g/mol. The zero-order chi connectivity index (χ0) is 18.3. The number of nitrogens with one attached hydrogen (secondary N) is 1. The van der Waals surface area contributed by atoms with E-state index in [4.69, 9.17) is 0 Å². The van der Waals surface area contributed by atoms with E-state index in [1.807, 2.05) is 72.1 Å². The average Bonchev–Trinajstić information content (AvgIpc) is 3.19. The van der Waals surface area contributed by atoms with Crippen LogP contribution in [0.5, 0.6) is 0 Å². The van der Waals surface area contributed by atoms with Gasteiger partial charge < -0.3 is 14.8 Å². The minimum Gasteiger partial charge on any atom is -0.350 e. The first-order chi connectivity index (χ1) is 12.5. The summed E-state index contributed by atoms with van der Waals surface area (Å²) in [5.74, 6) is 0.0341. The van der Waals surface area contributed by atoms with Gasteiger partial charge in [0, 0.05) is 48.5 Å². The summed E-state index contributed by atoms with van der Waals surface area (Å²) in [7, 11) is 1.94. The van der Waals surface area contributed by atoms with Gasteiger partial charge in [0.2, 0.25) is 5.91 Å². The van der Waals surface area contributed by atoms with Crippen molar-refractivity contribution in [2.45, 2.75) is 19.8 Å². The van der Waals surface area contributed by atoms with Crippen LogP contribution in [0.2, 0.25) is 0 Å². The van der Waals surface area contributed by atoms with Gasteiger partial charge in [-0.2, -0.15) is 0 Å². The molecule has 1 aliphatic heterocycles. The minimum absolute atomic E-state index is 0.133. The van der Waals surface area contributed by atoms with Crippen molar-refractivity contribution in [3.05, 3.63) is 59.8 Å². The first kappa shape index (κ1) is 16.4. The highest BCUT2D eigenvalue weighted by molar-refractivity contribution is 6.13. The Hall–Kier alpha value is -3.08. The number of nitrogens with zero attached hydrogens (tertiary/aromatic N) is 2. The molecule has 0 atom stereocenters. The van der Waals surface area contributed by atoms with Crippen LogP contribution in [0.1, 0.15) is 28.8 Å². The molecule has 0 aliphatic carbocycles. The predicted octanol–water partition coefficient (Wildman–Crippen LogP) is 3.87. The Balaban J connectivity index is 1.60. The molecule has 4 rings (SSSR count). The number of para-hydroxylation sites is 1. The zero-order valence-corrected chi connectivity index (χ0v) is 15.0. The molecule has 2 amide bonds. The SMILES string of the molecule is Cc1cc(NC(=O)c2cn(C)c3ccccc23)ccc1N1CCCC1=O. The van der Waals surface area contributed by atoms with E-state index >= 15 is 0 Å². The van der Waals surface area contributed by atoms with E-state index in [-0.39, 0.29) is 11.8 Å². The molecule has 0 radical (unpaired) electrons. The number of aromatic nitrogens is 1. The van der Waals surface area contributed by atoms with E-state index in [1.165, 1.54) is 0 Å². The maximum absolute atomic E-state index is 12.8. The lowest BCUT2D eigenvalue weighted by Gasteiger charge is -2.19. The third-order valence-electron chi connectivity index (χ3n) is 4.96. The van der Waals surface area contributed by atoms with Crippen molar-refractivity contribution in [2.24, 2.45) is 7.05 Å². The molecule has 2 heterocycles. The highest BCUT2D eigenvalue weighted by Crippen LogP contribution is 2.28. The first-order valence-corrected chi connectivity index (χ1v) is 8.81. The van der Waals surface area contributed by atoms with E-state index in [0.717, 1.165) is 40.8 Å². The van der Waals surface area contributed by atoms with E-state index in [2.05, 4.69) is 5.32 Å². The summed E-state index contributed by atoms with van der Waals surface area (Å²) in [6.07, 6.45) is 3.36. The van der Waals surface area contributed by atoms with Crippen molar-refractivity contribution >= 4 is 34.1 Å². The van der Waals surface area contributed by atoms with Gasteiger partial charge in [-0.1, -0.05) is 18.2 Å². The zero-order valence-electron chi connectivity index (χ0n) is 15.0. The van der Waals surface area contributed by atoms with Gasteiger partial charge in [0.25, 0.3) is 5.91 Å². The fraction of sp³-hybridized carbons (Fsp3) is 0.238. The van der Waals surface area contributed by atoms with Crippen molar-refractivity contribution in [2.75, 3.05) is 16.8 Å². The fourth-order valence-electron chi connectivity index (χ4n) is 3.66. The van der Waals surface area contributed by atoms with Crippen molar-refractivity contribution < 1.29 is 9.59 Å². The van der Waals surface area contributed by atoms with Gasteiger partial charge in [-0.05, 0) is 43.2 Å². The Kier molecular flexibility index (Phi) is 3.99. The number of benzene rings is 2. The molecule has 0 unspecified atom stereocenters. The molecule has 5 nitrogen and oxygen atoms in total. The van der Waals surface area contributed by atoms with Crippen molar-refractivity contribution in [1.29, 1.82) is 0 Å². The van der Waals surface area contributed by atoms with Crippen LogP contribution in [0.3, 0.4) is 0 Å². The van der Waals surface area contributed by atoms with Crippen LogP contribution >= 0.6 is 0 Å². The molecule has 1 fully saturated rings. The second kappa shape index (κ2) is 6.33. The van der Waals surface area contributed by atoms with Crippen molar-refractivity contribution in [1.82, 2.24) is 4.57 Å². The van der Waals surface area contributed by atoms with E-state index < -0.39 is 0 Å². The van der Waals surface area contributed by atoms with Crippen molar-refractivity contribution in [3.63, 3.8) is 0 Å². The standard InChI is InChI=1S/C21H21N3O2/c1-14-12-15(9-10-18(14)24-11-5-8-20(24)25)22-21(26)17-13-23(2)19-7-4-3-6-16(17)19/h3-4,6-7,9-10,12-13H,5,8,11H2,1-2H3,(H,22,26). The van der Waals surface area contributed by atoms with Crippen LogP contribution < -0.4 is 10.2 Å². The second-order valence-corrected chi connectivity index (χ2v) is 6.78. The lowest BCUT2D eigenvalue weighted by molar-refractivity contribution is -0.117. The number of hydrogen-bond acceptors (Lipinski definition) is 2. The van der Waals surface area contributed by atoms with Gasteiger partial charge in [-0.25, -0.2) is 0 Å². The molecule has 0 bridgehead atoms. The maximum Gasteiger partial charge on any atom is 0.257 e. The quantitative estimate of drug-likeness (QED) is 0.782. The molecule has 0 spiro atoms. The molecule has 26 heavy (non-hydrogen) atoms. The lowest BCUT2D eigenvalue weighted by Crippen LogP contribution is -2.24. The molecule has 132 valence electrons. The number of hydrogen-bond donors (Lipinski definition) is 1. The largest absolute Gasteiger partial charge is 0.350 e. The number of aryl methyl sites for hydroxylation is 2. The molecule has 1 aliphatic rings. The van der Waals surface area contributed by atoms with Gasteiger partial charge >= 0.3 is 0 Å². The molecule has 1 saturated heterocycles. The molecule has 0 saturated carbocycles. The Morgan fingerprint density at radius 2 is 1.96 bits per heavy atom. The summed E-state index contributed by atoms with van der Waals surface area (Å²) < 4.78 is 1.96. The highest BCUT2D eigenvalue weighted by atomic mass is 16.2. The summed E-state index contributed by atoms with van der Waals surface area (Å²) >= 11 is 0. The summed E-state index contributed by atoms with van der Waals surface area (Å²) in [6, 6.07) is 13.5. The Labute approximate surface area is 152 Å². The van der Waals surface area contributed by atoms with Gasteiger partial charge in [0.15, 0.2) is 0 Å². The van der Waals surface area contributed by atoms with Crippen LogP contribution in [0.15, 0.2) is 48.7 Å². The number of carbonyl (C=O) groups excluding carboxylic acids is 2. The van der Waals surface area contributed by atoms with Crippen LogP contribution in [0, 0.1) is 6.92 Å². The maximum atomic E-state index is 12.8. The summed E-state index contributed by atoms with van der Waals surface area (Å²) in [5, 5.41) is 3.91. The predicted molar refractivity (Wildman–Crippen MR) is 104 cm³/mol. The van der Waals surface area contributed by atoms with E-state index in [0.29, 0.717) is 12.0 Å². The van der Waals surface area contributed by atoms with E-state index in [9.17, 15) is 9.59 Å². The van der Waals surface area contributed by atoms with Crippen LogP contribution in [-0.2, 0) is 11.8 Å². The van der Waals surface area contributed by atoms with Gasteiger partial charge in [0.05, 0.1) is 5.56 Å². The number of carbonyl (C=O) groups is 2. The van der Waals surface area contributed by atoms with E-state index in [1.54, 1.807) is 0 Å². The molecular formula is C21H21N3O2. The summed E-state index contributed by atoms with van der Waals surface area (Å²) in [4.78, 5) is 26.5. The Morgan fingerprint density at radius 1 is 1.15 bits per heavy atom. The third-order valence-corrected chi connectivity index (χ3v) is 4.96. The number of amides is 2. The van der Waals surface area contributed by atoms with Crippen LogP contribution in [0.4, 0.5) is 11.4 Å². The fourth-order valence-corrected chi connectivity index (χ4v) is 3.66. The summed E-state index contributed by atoms with van der Waals surface area (Å²) in [6.45, 7) is 2.73. The smallest absolute Gasteiger partial charge is 0.257 e. The second-order valence-electron chi connectivity index (χ2n) is 6.78. The lowest BCUT2D eigenvalue weighted by atomic mass is 10.1. The third kappa shape index (κ3) is 2.75. The minimum atomic E-state index is -0.133. The van der Waals surface area contributed by atoms with Gasteiger partial charge in [-0.3, -0.25) is 9.59 Å². The van der Waals surface area contributed by atoms with Gasteiger partial charge in [-0.15, -0.1) is 0 Å². The Morgan fingerprint density at radius 3 is 2.69 bits per heavy atom. The monoisotopic (exact) mass is 347 g/mol. The number of rotatable bonds is 3. The van der Waals surface area contributed by atoms with Crippen LogP contribution in [-0.4, -0.2) is 22.9 Å². The molecule has 2 aromatic carbocycles. The molecule has 3 aromatic rings. The molecule has 1 N–H and O–H groups in total. The molecule has 1 aromatic heterocycles. The van der Waals surface area contributed by atoms with Crippen LogP contribution in [0.25, 0.3) is 10.9 Å². The summed E-state index contributed by atoms with van der Waals surface area (Å²) in [5.41, 5.74) is 4.32. The normalized spacial score (nSPS) is 14.2. The molecule has 5 heteroatoms. The first-order valence-electron chi connectivity index (χ1n) is 8.81. The Bertz CT molecular complexity index is 1020.